The zero-order valence-electron chi connectivity index (χ0n) is 22.8. The molecule has 38 heavy (non-hydrogen) atoms. The highest BCUT2D eigenvalue weighted by molar-refractivity contribution is 7.92. The van der Waals surface area contributed by atoms with Crippen LogP contribution in [0.4, 0.5) is 5.69 Å². The number of carbonyl (C=O) groups excluding carboxylic acids is 2. The Balaban J connectivity index is 1.89. The second-order valence-electron chi connectivity index (χ2n) is 9.76. The fourth-order valence-corrected chi connectivity index (χ4v) is 5.83. The standard InChI is InChI=1S/C29H41N3O5S/c1-4-25(29(34)30-24-16-10-7-11-17-24)31(21-20-23-14-8-6-9-15-23)28(33)22-32(38(3,35)36)26-18-12-13-19-27(26)37-5-2/h6,8-9,12-15,18-19,24-25H,4-5,7,10-11,16-17,20-22H2,1-3H3,(H,30,34). The molecule has 0 heterocycles. The fourth-order valence-electron chi connectivity index (χ4n) is 4.98. The number of nitrogens with zero attached hydrogens (tertiary/aromatic N) is 2. The van der Waals surface area contributed by atoms with Gasteiger partial charge in [-0.05, 0) is 50.3 Å². The van der Waals surface area contributed by atoms with E-state index >= 15 is 0 Å². The van der Waals surface area contributed by atoms with Crippen LogP contribution in [0.25, 0.3) is 0 Å². The number of amides is 2. The fraction of sp³-hybridized carbons (Fsp3) is 0.517. The summed E-state index contributed by atoms with van der Waals surface area (Å²) in [5, 5.41) is 3.16. The van der Waals surface area contributed by atoms with E-state index in [1.165, 1.54) is 6.42 Å². The number of rotatable bonds is 13. The lowest BCUT2D eigenvalue weighted by molar-refractivity contribution is -0.140. The molecule has 1 N–H and O–H groups in total. The summed E-state index contributed by atoms with van der Waals surface area (Å²) in [6.07, 6.45) is 7.27. The van der Waals surface area contributed by atoms with E-state index < -0.39 is 28.5 Å². The van der Waals surface area contributed by atoms with Gasteiger partial charge in [0.15, 0.2) is 0 Å². The zero-order valence-corrected chi connectivity index (χ0v) is 23.6. The van der Waals surface area contributed by atoms with Crippen LogP contribution in [-0.4, -0.2) is 63.2 Å². The first-order valence-electron chi connectivity index (χ1n) is 13.6. The van der Waals surface area contributed by atoms with Crippen LogP contribution in [0.3, 0.4) is 0 Å². The molecule has 8 nitrogen and oxygen atoms in total. The summed E-state index contributed by atoms with van der Waals surface area (Å²) in [6, 6.07) is 15.9. The normalized spacial score (nSPS) is 14.9. The summed E-state index contributed by atoms with van der Waals surface area (Å²) >= 11 is 0. The first-order valence-corrected chi connectivity index (χ1v) is 15.4. The van der Waals surface area contributed by atoms with Gasteiger partial charge in [-0.2, -0.15) is 0 Å². The highest BCUT2D eigenvalue weighted by Crippen LogP contribution is 2.30. The van der Waals surface area contributed by atoms with Crippen molar-refractivity contribution in [3.63, 3.8) is 0 Å². The number of ether oxygens (including phenoxy) is 1. The largest absolute Gasteiger partial charge is 0.492 e. The van der Waals surface area contributed by atoms with Gasteiger partial charge in [0.2, 0.25) is 21.8 Å². The van der Waals surface area contributed by atoms with E-state index in [0.29, 0.717) is 37.4 Å². The summed E-state index contributed by atoms with van der Waals surface area (Å²) in [7, 11) is -3.82. The molecule has 208 valence electrons. The number of nitrogens with one attached hydrogen (secondary N) is 1. The number of sulfonamides is 1. The Morgan fingerprint density at radius 2 is 1.66 bits per heavy atom. The third-order valence-corrected chi connectivity index (χ3v) is 8.06. The predicted molar refractivity (Wildman–Crippen MR) is 151 cm³/mol. The summed E-state index contributed by atoms with van der Waals surface area (Å²) in [4.78, 5) is 28.8. The van der Waals surface area contributed by atoms with E-state index in [1.54, 1.807) is 29.2 Å². The monoisotopic (exact) mass is 543 g/mol. The minimum absolute atomic E-state index is 0.113. The Bertz CT molecular complexity index is 1150. The molecule has 2 aromatic carbocycles. The summed E-state index contributed by atoms with van der Waals surface area (Å²) in [5.41, 5.74) is 1.34. The minimum Gasteiger partial charge on any atom is -0.492 e. The quantitative estimate of drug-likeness (QED) is 0.410. The molecular formula is C29H41N3O5S. The van der Waals surface area contributed by atoms with Crippen LogP contribution in [-0.2, 0) is 26.0 Å². The number of para-hydroxylation sites is 2. The molecule has 0 aliphatic heterocycles. The van der Waals surface area contributed by atoms with Crippen LogP contribution in [0.15, 0.2) is 54.6 Å². The van der Waals surface area contributed by atoms with Crippen LogP contribution in [0, 0.1) is 0 Å². The molecule has 0 spiro atoms. The molecule has 3 rings (SSSR count). The molecule has 0 radical (unpaired) electrons. The molecule has 2 amide bonds. The maximum Gasteiger partial charge on any atom is 0.244 e. The summed E-state index contributed by atoms with van der Waals surface area (Å²) in [5.74, 6) is -0.226. The molecule has 2 aromatic rings. The predicted octanol–water partition coefficient (Wildman–Crippen LogP) is 4.15. The van der Waals surface area contributed by atoms with Crippen molar-refractivity contribution in [2.45, 2.75) is 70.9 Å². The zero-order chi connectivity index (χ0) is 27.5. The van der Waals surface area contributed by atoms with Gasteiger partial charge < -0.3 is 15.0 Å². The Morgan fingerprint density at radius 1 is 1.00 bits per heavy atom. The molecule has 9 heteroatoms. The number of anilines is 1. The molecule has 0 saturated heterocycles. The van der Waals surface area contributed by atoms with Gasteiger partial charge in [0.25, 0.3) is 0 Å². The van der Waals surface area contributed by atoms with E-state index in [2.05, 4.69) is 5.32 Å². The Hall–Kier alpha value is -3.07. The van der Waals surface area contributed by atoms with Gasteiger partial charge in [0.05, 0.1) is 18.6 Å². The van der Waals surface area contributed by atoms with E-state index in [4.69, 9.17) is 4.74 Å². The molecule has 1 aliphatic carbocycles. The van der Waals surface area contributed by atoms with Crippen molar-refractivity contribution in [2.24, 2.45) is 0 Å². The average molecular weight is 544 g/mol. The lowest BCUT2D eigenvalue weighted by Gasteiger charge is -2.34. The Labute approximate surface area is 227 Å². The minimum atomic E-state index is -3.82. The van der Waals surface area contributed by atoms with Gasteiger partial charge in [0.1, 0.15) is 18.3 Å². The van der Waals surface area contributed by atoms with Crippen molar-refractivity contribution in [3.8, 4) is 5.75 Å². The summed E-state index contributed by atoms with van der Waals surface area (Å²) in [6.45, 7) is 3.92. The lowest BCUT2D eigenvalue weighted by Crippen LogP contribution is -2.54. The molecule has 1 aliphatic rings. The van der Waals surface area contributed by atoms with Crippen molar-refractivity contribution in [3.05, 3.63) is 60.2 Å². The van der Waals surface area contributed by atoms with E-state index in [1.807, 2.05) is 44.2 Å². The first-order chi connectivity index (χ1) is 18.2. The van der Waals surface area contributed by atoms with Crippen LogP contribution in [0.2, 0.25) is 0 Å². The van der Waals surface area contributed by atoms with E-state index in [-0.39, 0.29) is 11.9 Å². The van der Waals surface area contributed by atoms with E-state index in [9.17, 15) is 18.0 Å². The number of hydrogen-bond acceptors (Lipinski definition) is 5. The van der Waals surface area contributed by atoms with Crippen molar-refractivity contribution >= 4 is 27.5 Å². The highest BCUT2D eigenvalue weighted by atomic mass is 32.2. The van der Waals surface area contributed by atoms with Gasteiger partial charge >= 0.3 is 0 Å². The Kier molecular flexibility index (Phi) is 11.0. The molecule has 1 saturated carbocycles. The van der Waals surface area contributed by atoms with Gasteiger partial charge in [-0.15, -0.1) is 0 Å². The van der Waals surface area contributed by atoms with Gasteiger partial charge in [-0.25, -0.2) is 8.42 Å². The number of carbonyl (C=O) groups is 2. The van der Waals surface area contributed by atoms with Crippen molar-refractivity contribution < 1.29 is 22.7 Å². The van der Waals surface area contributed by atoms with Gasteiger partial charge in [0, 0.05) is 12.6 Å². The average Bonchev–Trinajstić information content (AvgIpc) is 2.90. The van der Waals surface area contributed by atoms with Crippen LogP contribution in [0.5, 0.6) is 5.75 Å². The maximum atomic E-state index is 13.9. The third-order valence-electron chi connectivity index (χ3n) is 6.93. The second kappa shape index (κ2) is 14.2. The molecule has 0 aromatic heterocycles. The van der Waals surface area contributed by atoms with Crippen LogP contribution >= 0.6 is 0 Å². The number of benzene rings is 2. The molecule has 1 fully saturated rings. The maximum absolute atomic E-state index is 13.9. The van der Waals surface area contributed by atoms with Crippen molar-refractivity contribution in [1.82, 2.24) is 10.2 Å². The topological polar surface area (TPSA) is 96.0 Å². The highest BCUT2D eigenvalue weighted by Gasteiger charge is 2.33. The van der Waals surface area contributed by atoms with Gasteiger partial charge in [-0.1, -0.05) is 68.7 Å². The SMILES string of the molecule is CCOc1ccccc1N(CC(=O)N(CCc1ccccc1)C(CC)C(=O)NC1CCCCC1)S(C)(=O)=O. The molecule has 1 atom stereocenters. The first kappa shape index (κ1) is 29.5. The van der Waals surface area contributed by atoms with Crippen LogP contribution in [0.1, 0.15) is 57.9 Å². The van der Waals surface area contributed by atoms with Gasteiger partial charge in [-0.3, -0.25) is 13.9 Å². The summed E-state index contributed by atoms with van der Waals surface area (Å²) < 4.78 is 32.5. The molecule has 0 bridgehead atoms. The Morgan fingerprint density at radius 3 is 2.29 bits per heavy atom. The second-order valence-corrected chi connectivity index (χ2v) is 11.7. The smallest absolute Gasteiger partial charge is 0.244 e. The number of hydrogen-bond donors (Lipinski definition) is 1. The third kappa shape index (κ3) is 8.21. The molecule has 1 unspecified atom stereocenters. The van der Waals surface area contributed by atoms with E-state index in [0.717, 1.165) is 41.8 Å². The molecular weight excluding hydrogens is 502 g/mol. The van der Waals surface area contributed by atoms with Crippen molar-refractivity contribution in [1.29, 1.82) is 0 Å². The van der Waals surface area contributed by atoms with Crippen LogP contribution < -0.4 is 14.4 Å². The van der Waals surface area contributed by atoms with Crippen molar-refractivity contribution in [2.75, 3.05) is 30.3 Å². The lowest BCUT2D eigenvalue weighted by atomic mass is 9.95.